The maximum atomic E-state index is 12.2. The van der Waals surface area contributed by atoms with E-state index >= 15 is 0 Å². The van der Waals surface area contributed by atoms with Crippen LogP contribution in [0.2, 0.25) is 0 Å². The lowest BCUT2D eigenvalue weighted by Gasteiger charge is -2.01. The summed E-state index contributed by atoms with van der Waals surface area (Å²) in [5.41, 5.74) is 4.15. The maximum absolute atomic E-state index is 12.2. The van der Waals surface area contributed by atoms with Crippen LogP contribution in [0.5, 0.6) is 0 Å². The van der Waals surface area contributed by atoms with Gasteiger partial charge in [0.05, 0.1) is 53.4 Å². The van der Waals surface area contributed by atoms with Crippen LogP contribution in [-0.2, 0) is 19.1 Å². The lowest BCUT2D eigenvalue weighted by Crippen LogP contribution is -2.28. The van der Waals surface area contributed by atoms with Crippen LogP contribution in [0.4, 0.5) is 9.59 Å². The van der Waals surface area contributed by atoms with E-state index in [1.807, 2.05) is 18.2 Å². The minimum Gasteiger partial charge on any atom is -0.453 e. The summed E-state index contributed by atoms with van der Waals surface area (Å²) >= 11 is 3.20. The van der Waals surface area contributed by atoms with E-state index in [-0.39, 0.29) is 47.7 Å². The van der Waals surface area contributed by atoms with E-state index in [9.17, 15) is 19.2 Å². The summed E-state index contributed by atoms with van der Waals surface area (Å²) in [5, 5.41) is 4.87. The Morgan fingerprint density at radius 2 is 1.67 bits per heavy atom. The number of rotatable bonds is 10. The standard InChI is InChI=1S/C27H24N6O6P2S2/c1-38-26(36)28-8-7-22(34)40-25-31-16-6-4-14(9-17(16)32-25)3-5-15-10-20-21(42-15)11-19(43-20)18-12-29-24(33-18)41-23(35)13-30-27(37)39-2/h4,6,9-12,40-41H,7-8,13H2,1-2H3,(H,28,36)(H,29,33)(H,30,37)(H,31,32). The quantitative estimate of drug-likeness (QED) is 0.131. The molecule has 220 valence electrons. The Morgan fingerprint density at radius 3 is 2.47 bits per heavy atom. The van der Waals surface area contributed by atoms with Crippen LogP contribution >= 0.6 is 39.8 Å². The van der Waals surface area contributed by atoms with Crippen molar-refractivity contribution in [2.24, 2.45) is 0 Å². The van der Waals surface area contributed by atoms with Crippen LogP contribution < -0.4 is 21.8 Å². The van der Waals surface area contributed by atoms with Gasteiger partial charge in [0.1, 0.15) is 11.1 Å². The second-order valence-electron chi connectivity index (χ2n) is 8.77. The van der Waals surface area contributed by atoms with Crippen LogP contribution in [0.15, 0.2) is 36.5 Å². The summed E-state index contributed by atoms with van der Waals surface area (Å²) in [7, 11) is 2.16. The van der Waals surface area contributed by atoms with E-state index in [0.717, 1.165) is 41.4 Å². The van der Waals surface area contributed by atoms with Crippen LogP contribution in [0, 0.1) is 11.8 Å². The van der Waals surface area contributed by atoms with Crippen molar-refractivity contribution in [1.82, 2.24) is 30.6 Å². The average molecular weight is 655 g/mol. The van der Waals surface area contributed by atoms with Gasteiger partial charge in [-0.3, -0.25) is 9.59 Å². The van der Waals surface area contributed by atoms with Crippen LogP contribution in [0.1, 0.15) is 16.9 Å². The van der Waals surface area contributed by atoms with Gasteiger partial charge in [-0.05, 0) is 30.3 Å². The fourth-order valence-electron chi connectivity index (χ4n) is 3.77. The molecule has 0 saturated heterocycles. The number of amides is 2. The van der Waals surface area contributed by atoms with Crippen molar-refractivity contribution in [2.45, 2.75) is 6.42 Å². The molecule has 0 aliphatic rings. The molecule has 0 aliphatic heterocycles. The number of thiophene rings is 2. The lowest BCUT2D eigenvalue weighted by molar-refractivity contribution is -0.111. The van der Waals surface area contributed by atoms with Crippen LogP contribution in [-0.4, -0.2) is 70.5 Å². The van der Waals surface area contributed by atoms with Gasteiger partial charge in [-0.25, -0.2) is 19.6 Å². The second-order valence-corrected chi connectivity index (χ2v) is 13.5. The topological polar surface area (TPSA) is 168 Å². The first kappa shape index (κ1) is 30.3. The van der Waals surface area contributed by atoms with Crippen molar-refractivity contribution in [3.8, 4) is 22.4 Å². The van der Waals surface area contributed by atoms with E-state index in [1.54, 1.807) is 28.9 Å². The number of benzene rings is 1. The van der Waals surface area contributed by atoms with Gasteiger partial charge in [-0.1, -0.05) is 11.8 Å². The smallest absolute Gasteiger partial charge is 0.407 e. The molecule has 2 unspecified atom stereocenters. The number of hydrogen-bond donors (Lipinski definition) is 4. The Bertz CT molecular complexity index is 1870. The molecular weight excluding hydrogens is 630 g/mol. The molecule has 5 aromatic rings. The summed E-state index contributed by atoms with van der Waals surface area (Å²) in [6, 6.07) is 9.80. The van der Waals surface area contributed by atoms with Crippen molar-refractivity contribution in [1.29, 1.82) is 0 Å². The fourth-order valence-corrected chi connectivity index (χ4v) is 7.64. The largest absolute Gasteiger partial charge is 0.453 e. The highest BCUT2D eigenvalue weighted by atomic mass is 32.1. The summed E-state index contributed by atoms with van der Waals surface area (Å²) in [6.07, 6.45) is 0.686. The van der Waals surface area contributed by atoms with Gasteiger partial charge in [0.15, 0.2) is 11.0 Å². The number of carbonyl (C=O) groups is 4. The molecule has 0 aliphatic carbocycles. The molecule has 0 fully saturated rings. The van der Waals surface area contributed by atoms with Gasteiger partial charge in [-0.15, -0.1) is 22.7 Å². The molecule has 1 aromatic carbocycles. The van der Waals surface area contributed by atoms with Crippen molar-refractivity contribution in [3.05, 3.63) is 47.0 Å². The van der Waals surface area contributed by atoms with Gasteiger partial charge in [0.2, 0.25) is 0 Å². The minimum absolute atomic E-state index is 0.0234. The Balaban J connectivity index is 1.19. The predicted molar refractivity (Wildman–Crippen MR) is 171 cm³/mol. The number of nitrogens with zero attached hydrogens (tertiary/aromatic N) is 2. The van der Waals surface area contributed by atoms with Crippen LogP contribution in [0.3, 0.4) is 0 Å². The third kappa shape index (κ3) is 8.03. The zero-order valence-electron chi connectivity index (χ0n) is 22.7. The first-order valence-corrected chi connectivity index (χ1v) is 16.3. The highest BCUT2D eigenvalue weighted by Crippen LogP contribution is 2.37. The number of ether oxygens (including phenoxy) is 2. The summed E-state index contributed by atoms with van der Waals surface area (Å²) in [4.78, 5) is 63.7. The SMILES string of the molecule is COC(=O)NCCC(=O)Pc1nc2ccc(C#Cc3cc4sc(-c5cnc(PC(=O)CNC(=O)OC)[nH]5)cc4s3)cc2[nH]1. The normalized spacial score (nSPS) is 11.3. The molecule has 2 amide bonds. The minimum atomic E-state index is -0.649. The van der Waals surface area contributed by atoms with Gasteiger partial charge >= 0.3 is 12.2 Å². The van der Waals surface area contributed by atoms with Crippen molar-refractivity contribution < 1.29 is 28.7 Å². The molecule has 4 heterocycles. The molecule has 43 heavy (non-hydrogen) atoms. The monoisotopic (exact) mass is 654 g/mol. The number of imidazole rings is 2. The van der Waals surface area contributed by atoms with E-state index in [0.29, 0.717) is 11.1 Å². The number of methoxy groups -OCH3 is 2. The number of fused-ring (bicyclic) bond motifs is 2. The summed E-state index contributed by atoms with van der Waals surface area (Å²) in [5.74, 6) is 6.44. The zero-order valence-corrected chi connectivity index (χ0v) is 26.4. The first-order valence-electron chi connectivity index (χ1n) is 12.6. The highest BCUT2D eigenvalue weighted by molar-refractivity contribution is 7.65. The third-order valence-electron chi connectivity index (χ3n) is 5.76. The number of aromatic nitrogens is 4. The Hall–Kier alpha value is -4.14. The van der Waals surface area contributed by atoms with E-state index < -0.39 is 12.2 Å². The molecule has 0 saturated carbocycles. The van der Waals surface area contributed by atoms with Crippen LogP contribution in [0.25, 0.3) is 31.0 Å². The van der Waals surface area contributed by atoms with Crippen molar-refractivity contribution >= 4 is 94.6 Å². The number of alkyl carbamates (subject to hydrolysis) is 2. The number of H-pyrrole nitrogens is 2. The number of hydrogen-bond acceptors (Lipinski definition) is 10. The number of carbonyl (C=O) groups excluding carboxylic acids is 4. The second kappa shape index (κ2) is 13.9. The molecule has 12 nitrogen and oxygen atoms in total. The van der Waals surface area contributed by atoms with Gasteiger partial charge in [0.25, 0.3) is 0 Å². The summed E-state index contributed by atoms with van der Waals surface area (Å²) in [6.45, 7) is 0.0997. The molecule has 0 bridgehead atoms. The third-order valence-corrected chi connectivity index (χ3v) is 9.95. The lowest BCUT2D eigenvalue weighted by atomic mass is 10.2. The average Bonchev–Trinajstić information content (AvgIpc) is 3.77. The van der Waals surface area contributed by atoms with Gasteiger partial charge in [-0.2, -0.15) is 0 Å². The predicted octanol–water partition coefficient (Wildman–Crippen LogP) is 3.39. The Kier molecular flexibility index (Phi) is 9.79. The van der Waals surface area contributed by atoms with Crippen molar-refractivity contribution in [3.63, 3.8) is 0 Å². The zero-order chi connectivity index (χ0) is 30.3. The molecule has 4 aromatic heterocycles. The van der Waals surface area contributed by atoms with Crippen molar-refractivity contribution in [2.75, 3.05) is 27.3 Å². The van der Waals surface area contributed by atoms with Gasteiger partial charge in [0, 0.05) is 45.1 Å². The van der Waals surface area contributed by atoms with E-state index in [4.69, 9.17) is 0 Å². The number of aromatic amines is 2. The maximum Gasteiger partial charge on any atom is 0.407 e. The summed E-state index contributed by atoms with van der Waals surface area (Å²) < 4.78 is 11.2. The van der Waals surface area contributed by atoms with Gasteiger partial charge < -0.3 is 30.1 Å². The molecule has 0 spiro atoms. The molecular formula is C27H24N6O6P2S2. The Morgan fingerprint density at radius 1 is 0.907 bits per heavy atom. The van der Waals surface area contributed by atoms with E-state index in [1.165, 1.54) is 14.2 Å². The van der Waals surface area contributed by atoms with E-state index in [2.05, 4.69) is 64.0 Å². The molecule has 16 heteroatoms. The molecule has 0 radical (unpaired) electrons. The first-order chi connectivity index (χ1) is 20.8. The fraction of sp³-hybridized carbons (Fsp3) is 0.185. The molecule has 4 N–H and O–H groups in total. The molecule has 2 atom stereocenters. The highest BCUT2D eigenvalue weighted by Gasteiger charge is 2.13. The number of nitrogens with one attached hydrogen (secondary N) is 4. The molecule has 5 rings (SSSR count). The Labute approximate surface area is 256 Å².